The molecule has 0 radical (unpaired) electrons. The van der Waals surface area contributed by atoms with E-state index >= 15 is 0 Å². The van der Waals surface area contributed by atoms with Gasteiger partial charge in [0.2, 0.25) is 5.91 Å². The number of aryl methyl sites for hydroxylation is 2. The molecule has 2 aromatic heterocycles. The number of thiophene rings is 1. The van der Waals surface area contributed by atoms with E-state index < -0.39 is 5.91 Å². The van der Waals surface area contributed by atoms with E-state index in [1.807, 2.05) is 73.8 Å². The lowest BCUT2D eigenvalue weighted by atomic mass is 10.0. The average Bonchev–Trinajstić information content (AvgIpc) is 3.37. The molecule has 0 saturated carbocycles. The van der Waals surface area contributed by atoms with Crippen LogP contribution in [0.4, 0.5) is 5.00 Å². The molecule has 0 unspecified atom stereocenters. The standard InChI is InChI=1S/C25H23N3O3S2/c1-15-8-10-19(11-9-15)31-13-21-27-18(14-32-21)12-20(29)28-25-23(24(26)30)22(16(2)33-25)17-6-4-3-5-7-17/h3-11,14H,12-13H2,1-2H3,(H2,26,30)(H,28,29). The Labute approximate surface area is 200 Å². The van der Waals surface area contributed by atoms with Gasteiger partial charge in [-0.05, 0) is 31.5 Å². The number of thiazole rings is 1. The number of benzene rings is 2. The van der Waals surface area contributed by atoms with Crippen molar-refractivity contribution < 1.29 is 14.3 Å². The van der Waals surface area contributed by atoms with E-state index in [0.717, 1.165) is 26.8 Å². The fourth-order valence-corrected chi connectivity index (χ4v) is 5.23. The van der Waals surface area contributed by atoms with Gasteiger partial charge in [0.05, 0.1) is 17.7 Å². The van der Waals surface area contributed by atoms with Crippen molar-refractivity contribution in [3.63, 3.8) is 0 Å². The summed E-state index contributed by atoms with van der Waals surface area (Å²) in [6.07, 6.45) is 0.0941. The Morgan fingerprint density at radius 1 is 1.06 bits per heavy atom. The second-order valence-electron chi connectivity index (χ2n) is 7.53. The number of aromatic nitrogens is 1. The molecule has 0 aliphatic rings. The molecule has 0 atom stereocenters. The number of amides is 2. The van der Waals surface area contributed by atoms with Crippen LogP contribution in [0.2, 0.25) is 0 Å². The number of nitrogens with two attached hydrogens (primary N) is 1. The average molecular weight is 478 g/mol. The minimum absolute atomic E-state index is 0.0941. The number of nitrogens with one attached hydrogen (secondary N) is 1. The molecule has 168 valence electrons. The second-order valence-corrected chi connectivity index (χ2v) is 9.69. The molecule has 8 heteroatoms. The summed E-state index contributed by atoms with van der Waals surface area (Å²) in [5, 5.41) is 5.95. The molecule has 2 heterocycles. The van der Waals surface area contributed by atoms with Crippen LogP contribution in [0.1, 0.15) is 31.5 Å². The maximum absolute atomic E-state index is 12.7. The number of rotatable bonds is 8. The topological polar surface area (TPSA) is 94.3 Å². The van der Waals surface area contributed by atoms with Crippen LogP contribution in [0.5, 0.6) is 5.75 Å². The highest BCUT2D eigenvalue weighted by molar-refractivity contribution is 7.17. The molecule has 6 nitrogen and oxygen atoms in total. The first-order valence-electron chi connectivity index (χ1n) is 10.3. The first-order chi connectivity index (χ1) is 15.9. The molecule has 2 amide bonds. The number of carbonyl (C=O) groups is 2. The lowest BCUT2D eigenvalue weighted by molar-refractivity contribution is -0.115. The quantitative estimate of drug-likeness (QED) is 0.358. The predicted molar refractivity (Wildman–Crippen MR) is 133 cm³/mol. The van der Waals surface area contributed by atoms with Gasteiger partial charge in [-0.25, -0.2) is 4.98 Å². The zero-order valence-corrected chi connectivity index (χ0v) is 19.9. The van der Waals surface area contributed by atoms with Gasteiger partial charge in [-0.2, -0.15) is 0 Å². The molecule has 3 N–H and O–H groups in total. The first kappa shape index (κ1) is 22.7. The molecule has 4 aromatic rings. The second kappa shape index (κ2) is 9.97. The summed E-state index contributed by atoms with van der Waals surface area (Å²) in [5.41, 5.74) is 9.48. The van der Waals surface area contributed by atoms with Gasteiger partial charge in [-0.1, -0.05) is 48.0 Å². The van der Waals surface area contributed by atoms with Gasteiger partial charge in [0.1, 0.15) is 22.4 Å². The predicted octanol–water partition coefficient (Wildman–Crippen LogP) is 5.35. The highest BCUT2D eigenvalue weighted by Gasteiger charge is 2.23. The van der Waals surface area contributed by atoms with Crippen molar-refractivity contribution in [3.05, 3.63) is 86.7 Å². The third-order valence-electron chi connectivity index (χ3n) is 4.97. The largest absolute Gasteiger partial charge is 0.486 e. The number of carbonyl (C=O) groups excluding carboxylic acids is 2. The van der Waals surface area contributed by atoms with Gasteiger partial charge in [0.25, 0.3) is 5.91 Å². The molecule has 0 spiro atoms. The monoisotopic (exact) mass is 477 g/mol. The zero-order valence-electron chi connectivity index (χ0n) is 18.3. The fourth-order valence-electron chi connectivity index (χ4n) is 3.43. The Kier molecular flexibility index (Phi) is 6.86. The van der Waals surface area contributed by atoms with Crippen LogP contribution in [0.15, 0.2) is 60.0 Å². The molecule has 0 aliphatic carbocycles. The smallest absolute Gasteiger partial charge is 0.252 e. The van der Waals surface area contributed by atoms with Crippen LogP contribution in [0, 0.1) is 13.8 Å². The SMILES string of the molecule is Cc1ccc(OCc2nc(CC(=O)Nc3sc(C)c(-c4ccccc4)c3C(N)=O)cs2)cc1. The van der Waals surface area contributed by atoms with E-state index in [0.29, 0.717) is 22.9 Å². The van der Waals surface area contributed by atoms with Crippen molar-refractivity contribution in [2.24, 2.45) is 5.73 Å². The highest BCUT2D eigenvalue weighted by atomic mass is 32.1. The minimum Gasteiger partial charge on any atom is -0.486 e. The molecular formula is C25H23N3O3S2. The Bertz CT molecular complexity index is 1280. The van der Waals surface area contributed by atoms with E-state index in [1.54, 1.807) is 0 Å². The van der Waals surface area contributed by atoms with Gasteiger partial charge in [-0.15, -0.1) is 22.7 Å². The minimum atomic E-state index is -0.572. The van der Waals surface area contributed by atoms with Crippen LogP contribution in [-0.4, -0.2) is 16.8 Å². The first-order valence-corrected chi connectivity index (χ1v) is 12.0. The number of hydrogen-bond donors (Lipinski definition) is 2. The van der Waals surface area contributed by atoms with Crippen LogP contribution in [0.3, 0.4) is 0 Å². The van der Waals surface area contributed by atoms with Gasteiger partial charge >= 0.3 is 0 Å². The summed E-state index contributed by atoms with van der Waals surface area (Å²) in [6.45, 7) is 4.27. The molecule has 2 aromatic carbocycles. The van der Waals surface area contributed by atoms with E-state index in [9.17, 15) is 9.59 Å². The van der Waals surface area contributed by atoms with Crippen LogP contribution >= 0.6 is 22.7 Å². The maximum Gasteiger partial charge on any atom is 0.252 e. The Morgan fingerprint density at radius 3 is 2.48 bits per heavy atom. The Morgan fingerprint density at radius 2 is 1.79 bits per heavy atom. The number of hydrogen-bond acceptors (Lipinski definition) is 6. The summed E-state index contributed by atoms with van der Waals surface area (Å²) in [7, 11) is 0. The summed E-state index contributed by atoms with van der Waals surface area (Å²) in [5.74, 6) is -0.0521. The summed E-state index contributed by atoms with van der Waals surface area (Å²) in [6, 6.07) is 17.4. The molecule has 33 heavy (non-hydrogen) atoms. The van der Waals surface area contributed by atoms with Gasteiger partial charge in [-0.3, -0.25) is 9.59 Å². The van der Waals surface area contributed by atoms with Crippen molar-refractivity contribution >= 4 is 39.5 Å². The number of primary amides is 1. The summed E-state index contributed by atoms with van der Waals surface area (Å²) >= 11 is 2.79. The molecule has 0 aliphatic heterocycles. The lowest BCUT2D eigenvalue weighted by Crippen LogP contribution is -2.18. The van der Waals surface area contributed by atoms with Crippen molar-refractivity contribution in [3.8, 4) is 16.9 Å². The Balaban J connectivity index is 1.43. The molecular weight excluding hydrogens is 454 g/mol. The van der Waals surface area contributed by atoms with Gasteiger partial charge in [0, 0.05) is 15.8 Å². The summed E-state index contributed by atoms with van der Waals surface area (Å²) < 4.78 is 5.76. The van der Waals surface area contributed by atoms with E-state index in [2.05, 4.69) is 10.3 Å². The van der Waals surface area contributed by atoms with Crippen molar-refractivity contribution in [2.75, 3.05) is 5.32 Å². The third-order valence-corrected chi connectivity index (χ3v) is 6.86. The van der Waals surface area contributed by atoms with E-state index in [4.69, 9.17) is 10.5 Å². The van der Waals surface area contributed by atoms with E-state index in [-0.39, 0.29) is 12.3 Å². The van der Waals surface area contributed by atoms with Gasteiger partial charge in [0.15, 0.2) is 0 Å². The van der Waals surface area contributed by atoms with Crippen LogP contribution in [-0.2, 0) is 17.8 Å². The van der Waals surface area contributed by atoms with Crippen LogP contribution in [0.25, 0.3) is 11.1 Å². The molecule has 4 rings (SSSR count). The summed E-state index contributed by atoms with van der Waals surface area (Å²) in [4.78, 5) is 30.4. The number of ether oxygens (including phenoxy) is 1. The van der Waals surface area contributed by atoms with Crippen molar-refractivity contribution in [1.29, 1.82) is 0 Å². The normalized spacial score (nSPS) is 10.7. The maximum atomic E-state index is 12.7. The Hall–Kier alpha value is -3.49. The number of nitrogens with zero attached hydrogens (tertiary/aromatic N) is 1. The van der Waals surface area contributed by atoms with E-state index in [1.165, 1.54) is 28.2 Å². The molecule has 0 bridgehead atoms. The molecule has 0 saturated heterocycles. The molecule has 0 fully saturated rings. The van der Waals surface area contributed by atoms with Crippen molar-refractivity contribution in [2.45, 2.75) is 26.9 Å². The number of anilines is 1. The fraction of sp³-hybridized carbons (Fsp3) is 0.160. The van der Waals surface area contributed by atoms with Crippen molar-refractivity contribution in [1.82, 2.24) is 4.98 Å². The van der Waals surface area contributed by atoms with Gasteiger partial charge < -0.3 is 15.8 Å². The highest BCUT2D eigenvalue weighted by Crippen LogP contribution is 2.39. The lowest BCUT2D eigenvalue weighted by Gasteiger charge is -2.06. The third kappa shape index (κ3) is 5.47. The van der Waals surface area contributed by atoms with Crippen LogP contribution < -0.4 is 15.8 Å². The zero-order chi connectivity index (χ0) is 23.4.